The van der Waals surface area contributed by atoms with Gasteiger partial charge in [0.25, 0.3) is 5.91 Å². The van der Waals surface area contributed by atoms with Crippen molar-refractivity contribution >= 4 is 34.6 Å². The van der Waals surface area contributed by atoms with Gasteiger partial charge in [0.1, 0.15) is 11.5 Å². The van der Waals surface area contributed by atoms with Gasteiger partial charge in [0.15, 0.2) is 22.5 Å². The molecule has 0 spiro atoms. The number of carbonyl (C=O) groups excluding carboxylic acids is 1. The summed E-state index contributed by atoms with van der Waals surface area (Å²) in [6.45, 7) is 2.19. The fourth-order valence-electron chi connectivity index (χ4n) is 2.37. The van der Waals surface area contributed by atoms with E-state index in [1.165, 1.54) is 24.1 Å². The lowest BCUT2D eigenvalue weighted by Gasteiger charge is -2.07. The number of aromatic hydroxyl groups is 1. The smallest absolute Gasteiger partial charge is 0.266 e. The van der Waals surface area contributed by atoms with E-state index in [-0.39, 0.29) is 22.5 Å². The monoisotopic (exact) mass is 390 g/mol. The number of rotatable bonds is 4. The predicted molar refractivity (Wildman–Crippen MR) is 101 cm³/mol. The van der Waals surface area contributed by atoms with Crippen LogP contribution in [0.1, 0.15) is 12.5 Å². The van der Waals surface area contributed by atoms with E-state index >= 15 is 0 Å². The van der Waals surface area contributed by atoms with Gasteiger partial charge in [0, 0.05) is 13.1 Å². The first-order valence-corrected chi connectivity index (χ1v) is 8.88. The van der Waals surface area contributed by atoms with Crippen LogP contribution in [0, 0.1) is 11.6 Å². The molecule has 0 bridgehead atoms. The van der Waals surface area contributed by atoms with Gasteiger partial charge in [-0.15, -0.1) is 0 Å². The van der Waals surface area contributed by atoms with Crippen molar-refractivity contribution in [2.24, 2.45) is 4.99 Å². The van der Waals surface area contributed by atoms with E-state index in [0.29, 0.717) is 22.8 Å². The number of hydrogen-bond acceptors (Lipinski definition) is 5. The average molecular weight is 390 g/mol. The lowest BCUT2D eigenvalue weighted by Crippen LogP contribution is -2.23. The maximum Gasteiger partial charge on any atom is 0.266 e. The molecule has 140 valence electrons. The van der Waals surface area contributed by atoms with Crippen LogP contribution in [0.25, 0.3) is 6.08 Å². The van der Waals surface area contributed by atoms with Crippen LogP contribution >= 0.6 is 11.8 Å². The van der Waals surface area contributed by atoms with Crippen LogP contribution in [0.3, 0.4) is 0 Å². The zero-order valence-electron chi connectivity index (χ0n) is 14.6. The molecule has 0 unspecified atom stereocenters. The second-order valence-electron chi connectivity index (χ2n) is 5.63. The molecule has 1 amide bonds. The van der Waals surface area contributed by atoms with Crippen LogP contribution in [-0.2, 0) is 4.79 Å². The summed E-state index contributed by atoms with van der Waals surface area (Å²) in [5.41, 5.74) is 0.609. The number of hydrogen-bond donors (Lipinski definition) is 1. The van der Waals surface area contributed by atoms with Crippen molar-refractivity contribution in [1.82, 2.24) is 4.90 Å². The van der Waals surface area contributed by atoms with E-state index in [4.69, 9.17) is 4.74 Å². The Hall–Kier alpha value is -2.87. The van der Waals surface area contributed by atoms with Crippen LogP contribution in [0.4, 0.5) is 14.5 Å². The Balaban J connectivity index is 1.90. The first-order chi connectivity index (χ1) is 12.9. The highest BCUT2D eigenvalue weighted by Gasteiger charge is 2.30. The van der Waals surface area contributed by atoms with Gasteiger partial charge in [-0.25, -0.2) is 13.8 Å². The SMILES string of the molecule is CCOc1cc(/C=C2\SC(=Nc3ccc(F)cc3F)N(C)C2=O)ccc1O. The molecule has 1 fully saturated rings. The third-order valence-electron chi connectivity index (χ3n) is 3.71. The quantitative estimate of drug-likeness (QED) is 0.791. The molecule has 0 aromatic heterocycles. The van der Waals surface area contributed by atoms with Crippen LogP contribution in [0.2, 0.25) is 0 Å². The van der Waals surface area contributed by atoms with Crippen LogP contribution < -0.4 is 4.74 Å². The van der Waals surface area contributed by atoms with E-state index in [9.17, 15) is 18.7 Å². The summed E-state index contributed by atoms with van der Waals surface area (Å²) in [6.07, 6.45) is 1.63. The standard InChI is InChI=1S/C19H16F2N2O3S/c1-3-26-16-8-11(4-7-15(16)24)9-17-18(25)23(2)19(27-17)22-14-6-5-12(20)10-13(14)21/h4-10,24H,3H2,1-2H3/b17-9-,22-19?. The Morgan fingerprint density at radius 3 is 2.74 bits per heavy atom. The Morgan fingerprint density at radius 1 is 1.26 bits per heavy atom. The van der Waals surface area contributed by atoms with Gasteiger partial charge in [0.2, 0.25) is 0 Å². The van der Waals surface area contributed by atoms with E-state index in [2.05, 4.69) is 4.99 Å². The first-order valence-electron chi connectivity index (χ1n) is 8.06. The van der Waals surface area contributed by atoms with Gasteiger partial charge < -0.3 is 9.84 Å². The van der Waals surface area contributed by atoms with Crippen molar-refractivity contribution < 1.29 is 23.4 Å². The van der Waals surface area contributed by atoms with Gasteiger partial charge in [-0.3, -0.25) is 9.69 Å². The van der Waals surface area contributed by atoms with Crippen LogP contribution in [0.15, 0.2) is 46.3 Å². The summed E-state index contributed by atoms with van der Waals surface area (Å²) in [5.74, 6) is -1.47. The van der Waals surface area contributed by atoms with Crippen molar-refractivity contribution in [3.8, 4) is 11.5 Å². The number of likely N-dealkylation sites (N-methyl/N-ethyl adjacent to an activating group) is 1. The molecule has 2 aromatic rings. The Morgan fingerprint density at radius 2 is 2.04 bits per heavy atom. The summed E-state index contributed by atoms with van der Waals surface area (Å²) in [7, 11) is 1.53. The van der Waals surface area contributed by atoms with Crippen molar-refractivity contribution in [3.05, 3.63) is 58.5 Å². The maximum atomic E-state index is 13.8. The number of amidine groups is 1. The molecule has 1 N–H and O–H groups in total. The molecule has 1 heterocycles. The average Bonchev–Trinajstić information content (AvgIpc) is 2.88. The molecule has 2 aromatic carbocycles. The summed E-state index contributed by atoms with van der Waals surface area (Å²) < 4.78 is 32.2. The molecule has 0 radical (unpaired) electrons. The molecule has 8 heteroatoms. The lowest BCUT2D eigenvalue weighted by atomic mass is 10.2. The number of amides is 1. The van der Waals surface area contributed by atoms with Crippen LogP contribution in [0.5, 0.6) is 11.5 Å². The molecule has 5 nitrogen and oxygen atoms in total. The number of thioether (sulfide) groups is 1. The van der Waals surface area contributed by atoms with Gasteiger partial charge in [-0.2, -0.15) is 0 Å². The van der Waals surface area contributed by atoms with Crippen molar-refractivity contribution in [3.63, 3.8) is 0 Å². The summed E-state index contributed by atoms with van der Waals surface area (Å²) in [6, 6.07) is 7.80. The molecule has 1 aliphatic heterocycles. The molecule has 0 aliphatic carbocycles. The predicted octanol–water partition coefficient (Wildman–Crippen LogP) is 4.30. The molecule has 1 aliphatic rings. The fourth-order valence-corrected chi connectivity index (χ4v) is 3.35. The molecule has 3 rings (SSSR count). The van der Waals surface area contributed by atoms with Gasteiger partial charge in [-0.05, 0) is 54.6 Å². The molecule has 27 heavy (non-hydrogen) atoms. The molecule has 1 saturated heterocycles. The summed E-state index contributed by atoms with van der Waals surface area (Å²) in [4.78, 5) is 18.2. The minimum absolute atomic E-state index is 0.00977. The minimum Gasteiger partial charge on any atom is -0.504 e. The maximum absolute atomic E-state index is 13.8. The number of phenolic OH excluding ortho intramolecular Hbond substituents is 1. The second-order valence-corrected chi connectivity index (χ2v) is 6.63. The first kappa shape index (κ1) is 18.9. The topological polar surface area (TPSA) is 62.1 Å². The highest BCUT2D eigenvalue weighted by atomic mass is 32.2. The number of phenols is 1. The van der Waals surface area contributed by atoms with Gasteiger partial charge >= 0.3 is 0 Å². The number of aliphatic imine (C=N–C) groups is 1. The lowest BCUT2D eigenvalue weighted by molar-refractivity contribution is -0.121. The zero-order valence-corrected chi connectivity index (χ0v) is 15.4. The van der Waals surface area contributed by atoms with Gasteiger partial charge in [-0.1, -0.05) is 6.07 Å². The Labute approximate surface area is 159 Å². The van der Waals surface area contributed by atoms with E-state index in [1.54, 1.807) is 25.1 Å². The number of benzene rings is 2. The second kappa shape index (κ2) is 7.79. The molecule has 0 atom stereocenters. The number of halogens is 2. The van der Waals surface area contributed by atoms with Crippen molar-refractivity contribution in [2.75, 3.05) is 13.7 Å². The van der Waals surface area contributed by atoms with Crippen molar-refractivity contribution in [2.45, 2.75) is 6.92 Å². The van der Waals surface area contributed by atoms with Crippen molar-refractivity contribution in [1.29, 1.82) is 0 Å². The largest absolute Gasteiger partial charge is 0.504 e. The number of nitrogens with zero attached hydrogens (tertiary/aromatic N) is 2. The highest BCUT2D eigenvalue weighted by Crippen LogP contribution is 2.35. The highest BCUT2D eigenvalue weighted by molar-refractivity contribution is 8.18. The summed E-state index contributed by atoms with van der Waals surface area (Å²) in [5, 5.41) is 10.0. The normalized spacial score (nSPS) is 17.2. The van der Waals surface area contributed by atoms with E-state index < -0.39 is 11.6 Å². The zero-order chi connectivity index (χ0) is 19.6. The third-order valence-corrected chi connectivity index (χ3v) is 4.77. The Bertz CT molecular complexity index is 960. The molecular weight excluding hydrogens is 374 g/mol. The molecule has 0 saturated carbocycles. The fraction of sp³-hybridized carbons (Fsp3) is 0.158. The Kier molecular flexibility index (Phi) is 5.46. The minimum atomic E-state index is -0.804. The number of carbonyl (C=O) groups is 1. The van der Waals surface area contributed by atoms with E-state index in [0.717, 1.165) is 23.9 Å². The van der Waals surface area contributed by atoms with Crippen LogP contribution in [-0.4, -0.2) is 34.7 Å². The molecular formula is C19H16F2N2O3S. The summed E-state index contributed by atoms with van der Waals surface area (Å²) >= 11 is 1.08. The van der Waals surface area contributed by atoms with Gasteiger partial charge in [0.05, 0.1) is 11.5 Å². The van der Waals surface area contributed by atoms with E-state index in [1.807, 2.05) is 0 Å². The number of ether oxygens (including phenoxy) is 1. The third kappa shape index (κ3) is 4.11.